The predicted octanol–water partition coefficient (Wildman–Crippen LogP) is 2.40. The minimum Gasteiger partial charge on any atom is -0.497 e. The SMILES string of the molecule is COc1ccc(C(=O)C2CCCN(O)C2(C(=O)CN)c2ccccc2)cc1. The van der Waals surface area contributed by atoms with E-state index in [9.17, 15) is 14.8 Å². The fourth-order valence-electron chi connectivity index (χ4n) is 3.98. The number of ketones is 2. The van der Waals surface area contributed by atoms with Crippen LogP contribution in [0.25, 0.3) is 0 Å². The number of Topliss-reactive ketones (excluding diaryl/α,β-unsaturated/α-hetero) is 2. The van der Waals surface area contributed by atoms with Crippen molar-refractivity contribution in [1.82, 2.24) is 5.06 Å². The number of methoxy groups -OCH3 is 1. The van der Waals surface area contributed by atoms with Crippen molar-refractivity contribution in [2.45, 2.75) is 18.4 Å². The Morgan fingerprint density at radius 2 is 1.85 bits per heavy atom. The summed E-state index contributed by atoms with van der Waals surface area (Å²) in [5.74, 6) is -0.653. The Bertz CT molecular complexity index is 807. The number of hydrogen-bond acceptors (Lipinski definition) is 6. The summed E-state index contributed by atoms with van der Waals surface area (Å²) < 4.78 is 5.15. The molecule has 3 rings (SSSR count). The molecule has 0 spiro atoms. The summed E-state index contributed by atoms with van der Waals surface area (Å²) in [6.07, 6.45) is 1.10. The van der Waals surface area contributed by atoms with Crippen LogP contribution >= 0.6 is 0 Å². The van der Waals surface area contributed by atoms with Crippen LogP contribution in [0.1, 0.15) is 28.8 Å². The van der Waals surface area contributed by atoms with Crippen molar-refractivity contribution in [2.24, 2.45) is 11.7 Å². The Hall–Kier alpha value is -2.54. The van der Waals surface area contributed by atoms with Gasteiger partial charge in [0.05, 0.1) is 19.6 Å². The number of benzene rings is 2. The lowest BCUT2D eigenvalue weighted by atomic mass is 9.67. The number of hydroxylamine groups is 2. The molecule has 0 amide bonds. The molecule has 0 aliphatic carbocycles. The third-order valence-corrected chi connectivity index (χ3v) is 5.29. The molecule has 27 heavy (non-hydrogen) atoms. The molecule has 1 aliphatic rings. The van der Waals surface area contributed by atoms with E-state index in [0.717, 1.165) is 5.06 Å². The van der Waals surface area contributed by atoms with E-state index >= 15 is 0 Å². The van der Waals surface area contributed by atoms with Gasteiger partial charge in [0.25, 0.3) is 0 Å². The van der Waals surface area contributed by atoms with Crippen LogP contribution in [0.5, 0.6) is 5.75 Å². The number of hydrogen-bond donors (Lipinski definition) is 2. The van der Waals surface area contributed by atoms with Gasteiger partial charge in [-0.1, -0.05) is 30.3 Å². The molecule has 2 unspecified atom stereocenters. The molecule has 6 nitrogen and oxygen atoms in total. The molecule has 0 radical (unpaired) electrons. The second-order valence-corrected chi connectivity index (χ2v) is 6.67. The Morgan fingerprint density at radius 1 is 1.19 bits per heavy atom. The number of ether oxygens (including phenoxy) is 1. The van der Waals surface area contributed by atoms with Crippen molar-refractivity contribution in [3.8, 4) is 5.75 Å². The van der Waals surface area contributed by atoms with Crippen LogP contribution in [-0.4, -0.2) is 42.0 Å². The van der Waals surface area contributed by atoms with E-state index < -0.39 is 11.5 Å². The van der Waals surface area contributed by atoms with Gasteiger partial charge in [0.15, 0.2) is 11.6 Å². The lowest BCUT2D eigenvalue weighted by Gasteiger charge is -2.47. The van der Waals surface area contributed by atoms with Crippen LogP contribution in [0.3, 0.4) is 0 Å². The van der Waals surface area contributed by atoms with Crippen LogP contribution in [0.4, 0.5) is 0 Å². The van der Waals surface area contributed by atoms with Crippen molar-refractivity contribution in [2.75, 3.05) is 20.2 Å². The average Bonchev–Trinajstić information content (AvgIpc) is 2.73. The monoisotopic (exact) mass is 368 g/mol. The molecule has 3 N–H and O–H groups in total. The third-order valence-electron chi connectivity index (χ3n) is 5.29. The molecule has 0 saturated carbocycles. The highest BCUT2D eigenvalue weighted by Gasteiger charge is 2.55. The molecule has 0 aromatic heterocycles. The van der Waals surface area contributed by atoms with Gasteiger partial charge in [0.2, 0.25) is 0 Å². The van der Waals surface area contributed by atoms with Crippen LogP contribution in [0.2, 0.25) is 0 Å². The van der Waals surface area contributed by atoms with Crippen LogP contribution in [-0.2, 0) is 10.3 Å². The van der Waals surface area contributed by atoms with E-state index in [1.165, 1.54) is 0 Å². The molecule has 2 atom stereocenters. The van der Waals surface area contributed by atoms with Crippen LogP contribution in [0.15, 0.2) is 54.6 Å². The summed E-state index contributed by atoms with van der Waals surface area (Å²) in [6.45, 7) is 0.0331. The van der Waals surface area contributed by atoms with Gasteiger partial charge in [0, 0.05) is 12.1 Å². The van der Waals surface area contributed by atoms with E-state index in [4.69, 9.17) is 10.5 Å². The standard InChI is InChI=1S/C21H24N2O4/c1-27-17-11-9-15(10-12-17)20(25)18-8-5-13-23(26)21(18,19(24)14-22)16-6-3-2-4-7-16/h2-4,6-7,9-12,18,26H,5,8,13-14,22H2,1H3. The minimum absolute atomic E-state index is 0.193. The van der Waals surface area contributed by atoms with Gasteiger partial charge in [-0.3, -0.25) is 9.59 Å². The summed E-state index contributed by atoms with van der Waals surface area (Å²) in [7, 11) is 1.56. The van der Waals surface area contributed by atoms with Crippen molar-refractivity contribution in [3.05, 3.63) is 65.7 Å². The minimum atomic E-state index is -1.48. The fraction of sp³-hybridized carbons (Fsp3) is 0.333. The molecule has 1 heterocycles. The van der Waals surface area contributed by atoms with Gasteiger partial charge in [0.1, 0.15) is 11.3 Å². The molecular weight excluding hydrogens is 344 g/mol. The summed E-state index contributed by atoms with van der Waals surface area (Å²) in [5, 5.41) is 11.8. The molecule has 1 aliphatic heterocycles. The van der Waals surface area contributed by atoms with Gasteiger partial charge in [-0.15, -0.1) is 0 Å². The maximum Gasteiger partial charge on any atom is 0.174 e. The van der Waals surface area contributed by atoms with Crippen molar-refractivity contribution in [1.29, 1.82) is 0 Å². The van der Waals surface area contributed by atoms with Gasteiger partial charge >= 0.3 is 0 Å². The summed E-state index contributed by atoms with van der Waals surface area (Å²) in [5.41, 5.74) is 5.28. The molecular formula is C21H24N2O4. The highest BCUT2D eigenvalue weighted by Crippen LogP contribution is 2.43. The highest BCUT2D eigenvalue weighted by atomic mass is 16.5. The van der Waals surface area contributed by atoms with E-state index in [1.54, 1.807) is 55.6 Å². The summed E-state index contributed by atoms with van der Waals surface area (Å²) in [6, 6.07) is 15.7. The molecule has 2 aromatic carbocycles. The molecule has 0 bridgehead atoms. The summed E-state index contributed by atoms with van der Waals surface area (Å²) in [4.78, 5) is 26.4. The Kier molecular flexibility index (Phi) is 5.70. The van der Waals surface area contributed by atoms with Crippen LogP contribution < -0.4 is 10.5 Å². The van der Waals surface area contributed by atoms with E-state index in [2.05, 4.69) is 0 Å². The zero-order chi connectivity index (χ0) is 19.4. The number of rotatable bonds is 6. The fourth-order valence-corrected chi connectivity index (χ4v) is 3.98. The number of piperidine rings is 1. The zero-order valence-electron chi connectivity index (χ0n) is 15.3. The first-order valence-electron chi connectivity index (χ1n) is 8.99. The molecule has 1 saturated heterocycles. The summed E-state index contributed by atoms with van der Waals surface area (Å²) >= 11 is 0. The molecule has 2 aromatic rings. The van der Waals surface area contributed by atoms with Gasteiger partial charge in [-0.05, 0) is 42.7 Å². The largest absolute Gasteiger partial charge is 0.497 e. The number of carbonyl (C=O) groups excluding carboxylic acids is 2. The van der Waals surface area contributed by atoms with Crippen molar-refractivity contribution >= 4 is 11.6 Å². The quantitative estimate of drug-likeness (QED) is 0.761. The van der Waals surface area contributed by atoms with Gasteiger partial charge in [-0.2, -0.15) is 5.06 Å². The number of nitrogens with two attached hydrogens (primary N) is 1. The zero-order valence-corrected chi connectivity index (χ0v) is 15.3. The predicted molar refractivity (Wildman–Crippen MR) is 101 cm³/mol. The van der Waals surface area contributed by atoms with E-state index in [-0.39, 0.29) is 18.1 Å². The Morgan fingerprint density at radius 3 is 2.44 bits per heavy atom. The third kappa shape index (κ3) is 3.27. The van der Waals surface area contributed by atoms with Crippen molar-refractivity contribution in [3.63, 3.8) is 0 Å². The van der Waals surface area contributed by atoms with Crippen LogP contribution in [0, 0.1) is 5.92 Å². The molecule has 1 fully saturated rings. The smallest absolute Gasteiger partial charge is 0.174 e. The van der Waals surface area contributed by atoms with Crippen molar-refractivity contribution < 1.29 is 19.5 Å². The number of carbonyl (C=O) groups is 2. The molecule has 142 valence electrons. The second kappa shape index (κ2) is 8.00. The first-order valence-corrected chi connectivity index (χ1v) is 8.99. The Balaban J connectivity index is 2.12. The lowest BCUT2D eigenvalue weighted by Crippen LogP contribution is -2.61. The van der Waals surface area contributed by atoms with Gasteiger partial charge < -0.3 is 15.7 Å². The highest BCUT2D eigenvalue weighted by molar-refractivity contribution is 6.04. The first-order chi connectivity index (χ1) is 13.1. The van der Waals surface area contributed by atoms with Gasteiger partial charge in [-0.25, -0.2) is 0 Å². The average molecular weight is 368 g/mol. The molecule has 6 heteroatoms. The maximum absolute atomic E-state index is 13.4. The Labute approximate surface area is 158 Å². The maximum atomic E-state index is 13.4. The van der Waals surface area contributed by atoms with E-state index in [1.807, 2.05) is 6.07 Å². The normalized spacial score (nSPS) is 23.0. The van der Waals surface area contributed by atoms with E-state index in [0.29, 0.717) is 36.3 Å². The second-order valence-electron chi connectivity index (χ2n) is 6.67. The topological polar surface area (TPSA) is 92.9 Å². The lowest BCUT2D eigenvalue weighted by molar-refractivity contribution is -0.208. The first kappa shape index (κ1) is 19.2. The number of nitrogens with zero attached hydrogens (tertiary/aromatic N) is 1.